The summed E-state index contributed by atoms with van der Waals surface area (Å²) in [6.07, 6.45) is 0. The molecular weight excluding hydrogens is 402 g/mol. The van der Waals surface area contributed by atoms with Crippen molar-refractivity contribution < 1.29 is 18.0 Å². The minimum atomic E-state index is -3.79. The zero-order chi connectivity index (χ0) is 21.7. The highest BCUT2D eigenvalue weighted by Gasteiger charge is 2.21. The minimum absolute atomic E-state index is 0.0626. The molecule has 0 saturated heterocycles. The second-order valence-electron chi connectivity index (χ2n) is 6.55. The molecule has 3 rings (SSSR count). The molecule has 0 aliphatic rings. The van der Waals surface area contributed by atoms with Gasteiger partial charge in [0, 0.05) is 30.9 Å². The average Bonchev–Trinajstić information content (AvgIpc) is 2.74. The Morgan fingerprint density at radius 2 is 1.47 bits per heavy atom. The van der Waals surface area contributed by atoms with Crippen LogP contribution in [0.3, 0.4) is 0 Å². The van der Waals surface area contributed by atoms with Crippen molar-refractivity contribution in [3.63, 3.8) is 0 Å². The maximum atomic E-state index is 12.9. The molecule has 7 nitrogen and oxygen atoms in total. The average molecular weight is 423 g/mol. The first-order valence-electron chi connectivity index (χ1n) is 9.10. The molecule has 0 radical (unpaired) electrons. The summed E-state index contributed by atoms with van der Waals surface area (Å²) >= 11 is 0. The van der Waals surface area contributed by atoms with Gasteiger partial charge in [-0.1, -0.05) is 24.3 Å². The Labute approximate surface area is 175 Å². The van der Waals surface area contributed by atoms with Crippen LogP contribution in [0.25, 0.3) is 0 Å². The van der Waals surface area contributed by atoms with E-state index in [9.17, 15) is 18.0 Å². The normalized spacial score (nSPS) is 10.9. The number of nitrogens with zero attached hydrogens (tertiary/aromatic N) is 1. The minimum Gasteiger partial charge on any atom is -0.326 e. The molecule has 3 aromatic carbocycles. The molecule has 2 amide bonds. The maximum Gasteiger partial charge on any atom is 0.264 e. The van der Waals surface area contributed by atoms with Crippen LogP contribution in [-0.4, -0.2) is 27.3 Å². The summed E-state index contributed by atoms with van der Waals surface area (Å²) in [7, 11) is -2.31. The van der Waals surface area contributed by atoms with Crippen molar-refractivity contribution in [2.45, 2.75) is 11.8 Å². The lowest BCUT2D eigenvalue weighted by atomic mass is 10.2. The van der Waals surface area contributed by atoms with E-state index in [0.29, 0.717) is 22.6 Å². The van der Waals surface area contributed by atoms with E-state index in [-0.39, 0.29) is 10.8 Å². The van der Waals surface area contributed by atoms with E-state index in [4.69, 9.17) is 0 Å². The fraction of sp³-hybridized carbons (Fsp3) is 0.0909. The number of carbonyl (C=O) groups is 2. The summed E-state index contributed by atoms with van der Waals surface area (Å²) in [4.78, 5) is 23.6. The zero-order valence-electron chi connectivity index (χ0n) is 16.5. The number of nitrogens with one attached hydrogen (secondary N) is 2. The molecule has 0 aliphatic heterocycles. The van der Waals surface area contributed by atoms with Crippen LogP contribution in [0.2, 0.25) is 0 Å². The SMILES string of the molecule is CC(=O)Nc1ccc(C(=O)Nc2cccc(S(=O)(=O)N(C)c3ccccc3)c2)cc1. The summed E-state index contributed by atoms with van der Waals surface area (Å²) in [5.41, 5.74) is 1.84. The van der Waals surface area contributed by atoms with Crippen molar-refractivity contribution in [3.8, 4) is 0 Å². The van der Waals surface area contributed by atoms with Crippen molar-refractivity contribution in [1.82, 2.24) is 0 Å². The number of sulfonamides is 1. The lowest BCUT2D eigenvalue weighted by molar-refractivity contribution is -0.114. The van der Waals surface area contributed by atoms with Crippen LogP contribution in [0.4, 0.5) is 17.1 Å². The molecule has 3 aromatic rings. The van der Waals surface area contributed by atoms with Gasteiger partial charge < -0.3 is 10.6 Å². The second kappa shape index (κ2) is 8.79. The van der Waals surface area contributed by atoms with Crippen molar-refractivity contribution in [2.75, 3.05) is 22.0 Å². The lowest BCUT2D eigenvalue weighted by Crippen LogP contribution is -2.26. The smallest absolute Gasteiger partial charge is 0.264 e. The Morgan fingerprint density at radius 3 is 2.10 bits per heavy atom. The van der Waals surface area contributed by atoms with E-state index in [1.807, 2.05) is 6.07 Å². The fourth-order valence-corrected chi connectivity index (χ4v) is 4.02. The molecule has 8 heteroatoms. The van der Waals surface area contributed by atoms with Crippen LogP contribution in [0, 0.1) is 0 Å². The summed E-state index contributed by atoms with van der Waals surface area (Å²) in [5.74, 6) is -0.596. The van der Waals surface area contributed by atoms with Crippen molar-refractivity contribution in [2.24, 2.45) is 0 Å². The van der Waals surface area contributed by atoms with Gasteiger partial charge in [0.25, 0.3) is 15.9 Å². The molecular formula is C22H21N3O4S. The Morgan fingerprint density at radius 1 is 0.800 bits per heavy atom. The first kappa shape index (κ1) is 21.1. The summed E-state index contributed by atoms with van der Waals surface area (Å²) in [6.45, 7) is 1.40. The number of benzene rings is 3. The van der Waals surface area contributed by atoms with Crippen LogP contribution in [0.1, 0.15) is 17.3 Å². The third kappa shape index (κ3) is 4.84. The van der Waals surface area contributed by atoms with Crippen molar-refractivity contribution in [1.29, 1.82) is 0 Å². The van der Waals surface area contributed by atoms with Gasteiger partial charge in [0.15, 0.2) is 0 Å². The largest absolute Gasteiger partial charge is 0.326 e. The van der Waals surface area contributed by atoms with Gasteiger partial charge in [-0.3, -0.25) is 13.9 Å². The monoisotopic (exact) mass is 423 g/mol. The molecule has 0 saturated carbocycles. The Hall–Kier alpha value is -3.65. The van der Waals surface area contributed by atoms with E-state index in [1.54, 1.807) is 60.7 Å². The van der Waals surface area contributed by atoms with Gasteiger partial charge in [-0.2, -0.15) is 0 Å². The predicted octanol–water partition coefficient (Wildman–Crippen LogP) is 3.72. The molecule has 0 bridgehead atoms. The standard InChI is InChI=1S/C22H21N3O4S/c1-16(26)23-18-13-11-17(12-14-18)22(27)24-19-7-6-10-21(15-19)30(28,29)25(2)20-8-4-3-5-9-20/h3-15H,1-2H3,(H,23,26)(H,24,27). The maximum absolute atomic E-state index is 12.9. The molecule has 0 heterocycles. The number of carbonyl (C=O) groups excluding carboxylic acids is 2. The Bertz CT molecular complexity index is 1160. The zero-order valence-corrected chi connectivity index (χ0v) is 17.3. The van der Waals surface area contributed by atoms with Crippen LogP contribution in [-0.2, 0) is 14.8 Å². The van der Waals surface area contributed by atoms with E-state index in [2.05, 4.69) is 10.6 Å². The van der Waals surface area contributed by atoms with Gasteiger partial charge in [-0.05, 0) is 54.6 Å². The number of anilines is 3. The van der Waals surface area contributed by atoms with Crippen molar-refractivity contribution in [3.05, 3.63) is 84.4 Å². The molecule has 0 aromatic heterocycles. The van der Waals surface area contributed by atoms with E-state index in [1.165, 1.54) is 30.4 Å². The highest BCUT2D eigenvalue weighted by Crippen LogP contribution is 2.24. The van der Waals surface area contributed by atoms with Gasteiger partial charge in [-0.25, -0.2) is 8.42 Å². The highest BCUT2D eigenvalue weighted by molar-refractivity contribution is 7.92. The summed E-state index contributed by atoms with van der Waals surface area (Å²) in [6, 6.07) is 21.2. The third-order valence-electron chi connectivity index (χ3n) is 4.34. The molecule has 2 N–H and O–H groups in total. The quantitative estimate of drug-likeness (QED) is 0.632. The van der Waals surface area contributed by atoms with Crippen molar-refractivity contribution >= 4 is 38.9 Å². The first-order valence-corrected chi connectivity index (χ1v) is 10.5. The van der Waals surface area contributed by atoms with E-state index in [0.717, 1.165) is 0 Å². The number of rotatable bonds is 6. The molecule has 0 atom stereocenters. The summed E-state index contributed by atoms with van der Waals surface area (Å²) < 4.78 is 27.1. The van der Waals surface area contributed by atoms with Crippen LogP contribution in [0.5, 0.6) is 0 Å². The van der Waals surface area contributed by atoms with Gasteiger partial charge >= 0.3 is 0 Å². The number of hydrogen-bond acceptors (Lipinski definition) is 4. The van der Waals surface area contributed by atoms with E-state index < -0.39 is 15.9 Å². The number of amides is 2. The Balaban J connectivity index is 1.78. The number of hydrogen-bond donors (Lipinski definition) is 2. The molecule has 154 valence electrons. The molecule has 0 unspecified atom stereocenters. The predicted molar refractivity (Wildman–Crippen MR) is 117 cm³/mol. The van der Waals surface area contributed by atoms with Crippen LogP contribution in [0.15, 0.2) is 83.8 Å². The van der Waals surface area contributed by atoms with Gasteiger partial charge in [0.1, 0.15) is 0 Å². The number of para-hydroxylation sites is 1. The van der Waals surface area contributed by atoms with E-state index >= 15 is 0 Å². The lowest BCUT2D eigenvalue weighted by Gasteiger charge is -2.20. The molecule has 30 heavy (non-hydrogen) atoms. The highest BCUT2D eigenvalue weighted by atomic mass is 32.2. The molecule has 0 fully saturated rings. The summed E-state index contributed by atoms with van der Waals surface area (Å²) in [5, 5.41) is 5.33. The topological polar surface area (TPSA) is 95.6 Å². The van der Waals surface area contributed by atoms with Crippen LogP contribution >= 0.6 is 0 Å². The second-order valence-corrected chi connectivity index (χ2v) is 8.52. The first-order chi connectivity index (χ1) is 14.3. The van der Waals surface area contributed by atoms with Gasteiger partial charge in [0.2, 0.25) is 5.91 Å². The molecule has 0 aliphatic carbocycles. The van der Waals surface area contributed by atoms with Gasteiger partial charge in [0.05, 0.1) is 10.6 Å². The molecule has 0 spiro atoms. The fourth-order valence-electron chi connectivity index (χ4n) is 2.78. The third-order valence-corrected chi connectivity index (χ3v) is 6.12. The van der Waals surface area contributed by atoms with Gasteiger partial charge in [-0.15, -0.1) is 0 Å². The van der Waals surface area contributed by atoms with Crippen LogP contribution < -0.4 is 14.9 Å². The Kier molecular flexibility index (Phi) is 6.17.